The van der Waals surface area contributed by atoms with Crippen LogP contribution in [-0.4, -0.2) is 29.4 Å². The third kappa shape index (κ3) is 2.79. The average molecular weight is 367 g/mol. The first-order valence-corrected chi connectivity index (χ1v) is 8.47. The lowest BCUT2D eigenvalue weighted by molar-refractivity contribution is -0.117. The van der Waals surface area contributed by atoms with Crippen LogP contribution >= 0.6 is 0 Å². The fraction of sp³-hybridized carbons (Fsp3) is 0.211. The maximum Gasteiger partial charge on any atom is 0.258 e. The van der Waals surface area contributed by atoms with E-state index in [4.69, 9.17) is 14.0 Å². The van der Waals surface area contributed by atoms with Gasteiger partial charge in [0.2, 0.25) is 12.7 Å². The molecule has 1 saturated heterocycles. The third-order valence-electron chi connectivity index (χ3n) is 4.69. The molecule has 0 unspecified atom stereocenters. The molecule has 0 bridgehead atoms. The highest BCUT2D eigenvalue weighted by molar-refractivity contribution is 5.96. The summed E-state index contributed by atoms with van der Waals surface area (Å²) in [4.78, 5) is 18.4. The molecule has 0 N–H and O–H groups in total. The fourth-order valence-corrected chi connectivity index (χ4v) is 3.30. The number of carbonyl (C=O) groups is 1. The standard InChI is InChI=1S/C19H14FN3O4/c20-13-2-4-14(5-3-13)23-9-12(8-17(23)24)18-21-19(27-22-18)11-1-6-15-16(7-11)26-10-25-15/h1-7,12H,8-10H2/t12-/m1/s1. The van der Waals surface area contributed by atoms with Gasteiger partial charge in [0.1, 0.15) is 5.82 Å². The van der Waals surface area contributed by atoms with Crippen molar-refractivity contribution in [1.82, 2.24) is 10.1 Å². The van der Waals surface area contributed by atoms with E-state index in [0.29, 0.717) is 35.4 Å². The highest BCUT2D eigenvalue weighted by Gasteiger charge is 2.34. The van der Waals surface area contributed by atoms with Crippen LogP contribution in [0.2, 0.25) is 0 Å². The van der Waals surface area contributed by atoms with Crippen LogP contribution in [0.1, 0.15) is 18.2 Å². The summed E-state index contributed by atoms with van der Waals surface area (Å²) in [5.74, 6) is 1.56. The van der Waals surface area contributed by atoms with Crippen molar-refractivity contribution in [2.75, 3.05) is 18.2 Å². The van der Waals surface area contributed by atoms with Gasteiger partial charge in [-0.25, -0.2) is 4.39 Å². The Morgan fingerprint density at radius 2 is 1.89 bits per heavy atom. The highest BCUT2D eigenvalue weighted by Crippen LogP contribution is 2.36. The maximum atomic E-state index is 13.1. The van der Waals surface area contributed by atoms with Crippen LogP contribution in [0.4, 0.5) is 10.1 Å². The molecule has 1 atom stereocenters. The monoisotopic (exact) mass is 367 g/mol. The Morgan fingerprint density at radius 1 is 1.07 bits per heavy atom. The number of rotatable bonds is 3. The van der Waals surface area contributed by atoms with Crippen molar-refractivity contribution in [3.05, 3.63) is 54.1 Å². The Bertz CT molecular complexity index is 1020. The Kier molecular flexibility index (Phi) is 3.56. The number of amides is 1. The van der Waals surface area contributed by atoms with Gasteiger partial charge in [0, 0.05) is 30.1 Å². The lowest BCUT2D eigenvalue weighted by Gasteiger charge is -2.15. The summed E-state index contributed by atoms with van der Waals surface area (Å²) in [6.45, 7) is 0.613. The molecular weight excluding hydrogens is 353 g/mol. The molecule has 2 aliphatic heterocycles. The van der Waals surface area contributed by atoms with Crippen molar-refractivity contribution in [2.45, 2.75) is 12.3 Å². The van der Waals surface area contributed by atoms with E-state index in [9.17, 15) is 9.18 Å². The molecule has 1 fully saturated rings. The lowest BCUT2D eigenvalue weighted by Crippen LogP contribution is -2.24. The summed E-state index contributed by atoms with van der Waals surface area (Å²) < 4.78 is 29.1. The third-order valence-corrected chi connectivity index (χ3v) is 4.69. The van der Waals surface area contributed by atoms with Crippen LogP contribution in [0, 0.1) is 5.82 Å². The zero-order valence-corrected chi connectivity index (χ0v) is 14.1. The molecule has 0 aliphatic carbocycles. The van der Waals surface area contributed by atoms with Gasteiger partial charge in [-0.3, -0.25) is 4.79 Å². The van der Waals surface area contributed by atoms with Crippen molar-refractivity contribution in [3.8, 4) is 23.0 Å². The van der Waals surface area contributed by atoms with E-state index in [2.05, 4.69) is 10.1 Å². The molecule has 5 rings (SSSR count). The van der Waals surface area contributed by atoms with Crippen molar-refractivity contribution in [2.24, 2.45) is 0 Å². The summed E-state index contributed by atoms with van der Waals surface area (Å²) in [6, 6.07) is 11.2. The molecule has 0 radical (unpaired) electrons. The van der Waals surface area contributed by atoms with Gasteiger partial charge >= 0.3 is 0 Å². The molecule has 7 nitrogen and oxygen atoms in total. The minimum atomic E-state index is -0.339. The number of benzene rings is 2. The smallest absolute Gasteiger partial charge is 0.258 e. The lowest BCUT2D eigenvalue weighted by atomic mass is 10.1. The molecule has 8 heteroatoms. The maximum absolute atomic E-state index is 13.1. The minimum absolute atomic E-state index is 0.0546. The Morgan fingerprint density at radius 3 is 2.74 bits per heavy atom. The summed E-state index contributed by atoms with van der Waals surface area (Å²) >= 11 is 0. The zero-order chi connectivity index (χ0) is 18.4. The van der Waals surface area contributed by atoms with Crippen molar-refractivity contribution < 1.29 is 23.2 Å². The number of carbonyl (C=O) groups excluding carboxylic acids is 1. The van der Waals surface area contributed by atoms with E-state index in [1.807, 2.05) is 6.07 Å². The van der Waals surface area contributed by atoms with E-state index in [0.717, 1.165) is 5.56 Å². The Balaban J connectivity index is 1.37. The molecular formula is C19H14FN3O4. The molecule has 0 spiro atoms. The van der Waals surface area contributed by atoms with Gasteiger partial charge in [-0.1, -0.05) is 5.16 Å². The first-order chi connectivity index (χ1) is 13.2. The summed E-state index contributed by atoms with van der Waals surface area (Å²) in [7, 11) is 0. The summed E-state index contributed by atoms with van der Waals surface area (Å²) in [5.41, 5.74) is 1.38. The van der Waals surface area contributed by atoms with Gasteiger partial charge in [-0.15, -0.1) is 0 Å². The van der Waals surface area contributed by atoms with Crippen LogP contribution in [0.3, 0.4) is 0 Å². The van der Waals surface area contributed by atoms with Crippen molar-refractivity contribution in [1.29, 1.82) is 0 Å². The second kappa shape index (κ2) is 6.08. The SMILES string of the molecule is O=C1C[C@@H](c2noc(-c3ccc4c(c3)OCO4)n2)CN1c1ccc(F)cc1. The minimum Gasteiger partial charge on any atom is -0.454 e. The normalized spacial score (nSPS) is 18.3. The summed E-state index contributed by atoms with van der Waals surface area (Å²) in [6.07, 6.45) is 0.275. The van der Waals surface area contributed by atoms with Crippen molar-refractivity contribution >= 4 is 11.6 Å². The van der Waals surface area contributed by atoms with E-state index in [1.165, 1.54) is 12.1 Å². The Hall–Kier alpha value is -3.42. The largest absolute Gasteiger partial charge is 0.454 e. The van der Waals surface area contributed by atoms with Crippen LogP contribution < -0.4 is 14.4 Å². The molecule has 2 aromatic carbocycles. The molecule has 136 valence electrons. The highest BCUT2D eigenvalue weighted by atomic mass is 19.1. The topological polar surface area (TPSA) is 77.7 Å². The quantitative estimate of drug-likeness (QED) is 0.708. The van der Waals surface area contributed by atoms with E-state index in [1.54, 1.807) is 29.2 Å². The van der Waals surface area contributed by atoms with Crippen LogP contribution in [0.25, 0.3) is 11.5 Å². The zero-order valence-electron chi connectivity index (χ0n) is 14.1. The van der Waals surface area contributed by atoms with Crippen LogP contribution in [-0.2, 0) is 4.79 Å². The number of fused-ring (bicyclic) bond motifs is 1. The van der Waals surface area contributed by atoms with Gasteiger partial charge in [-0.05, 0) is 42.5 Å². The Labute approximate surface area is 153 Å². The number of halogens is 1. The molecule has 3 heterocycles. The molecule has 27 heavy (non-hydrogen) atoms. The number of ether oxygens (including phenoxy) is 2. The molecule has 1 amide bonds. The van der Waals surface area contributed by atoms with E-state index >= 15 is 0 Å². The van der Waals surface area contributed by atoms with Gasteiger partial charge < -0.3 is 18.9 Å². The number of aromatic nitrogens is 2. The van der Waals surface area contributed by atoms with Gasteiger partial charge in [0.25, 0.3) is 5.89 Å². The summed E-state index contributed by atoms with van der Waals surface area (Å²) in [5, 5.41) is 4.05. The molecule has 2 aliphatic rings. The molecule has 0 saturated carbocycles. The van der Waals surface area contributed by atoms with Gasteiger partial charge in [0.15, 0.2) is 17.3 Å². The number of hydrogen-bond acceptors (Lipinski definition) is 6. The number of anilines is 1. The number of hydrogen-bond donors (Lipinski definition) is 0. The molecule has 1 aromatic heterocycles. The van der Waals surface area contributed by atoms with Gasteiger partial charge in [0.05, 0.1) is 0 Å². The predicted molar refractivity (Wildman–Crippen MR) is 92.0 cm³/mol. The fourth-order valence-electron chi connectivity index (χ4n) is 3.30. The first kappa shape index (κ1) is 15.8. The second-order valence-corrected chi connectivity index (χ2v) is 6.41. The second-order valence-electron chi connectivity index (χ2n) is 6.41. The first-order valence-electron chi connectivity index (χ1n) is 8.47. The van der Waals surface area contributed by atoms with Crippen LogP contribution in [0.5, 0.6) is 11.5 Å². The molecule has 3 aromatic rings. The average Bonchev–Trinajstić information content (AvgIpc) is 3.41. The van der Waals surface area contributed by atoms with E-state index in [-0.39, 0.29) is 30.9 Å². The van der Waals surface area contributed by atoms with E-state index < -0.39 is 0 Å². The number of nitrogens with zero attached hydrogens (tertiary/aromatic N) is 3. The predicted octanol–water partition coefficient (Wildman–Crippen LogP) is 3.12. The van der Waals surface area contributed by atoms with Gasteiger partial charge in [-0.2, -0.15) is 4.98 Å². The van der Waals surface area contributed by atoms with Crippen LogP contribution in [0.15, 0.2) is 47.0 Å². The van der Waals surface area contributed by atoms with Crippen molar-refractivity contribution in [3.63, 3.8) is 0 Å².